The second-order valence-corrected chi connectivity index (χ2v) is 19.4. The van der Waals surface area contributed by atoms with Crippen LogP contribution in [0.5, 0.6) is 11.5 Å². The van der Waals surface area contributed by atoms with Crippen LogP contribution in [0.25, 0.3) is 16.6 Å². The van der Waals surface area contributed by atoms with Gasteiger partial charge in [0.2, 0.25) is 0 Å². The van der Waals surface area contributed by atoms with Gasteiger partial charge >= 0.3 is 0 Å². The number of aromatic nitrogens is 2. The number of carbonyl (C=O) groups excluding carboxylic acids is 1. The third-order valence-corrected chi connectivity index (χ3v) is 14.3. The number of allylic oxidation sites excluding steroid dienone is 1. The number of hydrogen-bond acceptors (Lipinski definition) is 11. The Kier molecular flexibility index (Phi) is 11.0. The van der Waals surface area contributed by atoms with E-state index in [1.165, 1.54) is 41.1 Å². The van der Waals surface area contributed by atoms with E-state index in [2.05, 4.69) is 55.8 Å². The number of halogens is 1. The molecule has 0 radical (unpaired) electrons. The highest BCUT2D eigenvalue weighted by atomic mass is 35.5. The van der Waals surface area contributed by atoms with E-state index in [-0.39, 0.29) is 16.7 Å². The Bertz CT molecular complexity index is 2630. The van der Waals surface area contributed by atoms with Crippen molar-refractivity contribution in [2.75, 3.05) is 62.7 Å². The molecule has 9 rings (SSSR count). The zero-order valence-electron chi connectivity index (χ0n) is 34.0. The number of amides is 1. The van der Waals surface area contributed by atoms with Gasteiger partial charge < -0.3 is 24.7 Å². The van der Waals surface area contributed by atoms with Gasteiger partial charge in [-0.25, -0.2) is 18.1 Å². The standard InChI is InChI=1S/C45H48ClN7O7S/c1-45(2)13-11-30(36(22-45)28-3-5-31(46)6-4-28)25-51-15-17-52(18-16-51)33-8-9-35(41(21-33)60-34-19-29-12-14-47-43(29)49-23-34)44(54)50-61(57,58)42-10-7-32(20-40(42)53(55)56)48-24-37-38-26-59-27-39(37)38/h3-10,12,14,19-21,23,37-39,48H,11,13,15-18,22,24-27H2,1-2H3,(H,47,49)(H,50,54)/t37-,38+,39-. The molecule has 2 aliphatic heterocycles. The molecule has 0 spiro atoms. The topological polar surface area (TPSA) is 172 Å². The van der Waals surface area contributed by atoms with E-state index >= 15 is 0 Å². The van der Waals surface area contributed by atoms with Crippen molar-refractivity contribution in [3.05, 3.63) is 117 Å². The Morgan fingerprint density at radius 1 is 1.03 bits per heavy atom. The average Bonchev–Trinajstić information content (AvgIpc) is 3.52. The first-order chi connectivity index (χ1) is 29.3. The molecule has 5 aromatic rings. The number of benzene rings is 3. The van der Waals surface area contributed by atoms with E-state index in [0.717, 1.165) is 74.1 Å². The molecule has 16 heteroatoms. The molecule has 1 saturated carbocycles. The first-order valence-corrected chi connectivity index (χ1v) is 22.5. The monoisotopic (exact) mass is 865 g/mol. The van der Waals surface area contributed by atoms with E-state index in [9.17, 15) is 23.3 Å². The summed E-state index contributed by atoms with van der Waals surface area (Å²) in [7, 11) is -4.70. The van der Waals surface area contributed by atoms with Crippen LogP contribution in [0.3, 0.4) is 0 Å². The lowest BCUT2D eigenvalue weighted by molar-refractivity contribution is -0.387. The van der Waals surface area contributed by atoms with Crippen LogP contribution in [0, 0.1) is 33.3 Å². The van der Waals surface area contributed by atoms with E-state index in [0.29, 0.717) is 54.6 Å². The molecule has 3 atom stereocenters. The second-order valence-electron chi connectivity index (χ2n) is 17.3. The lowest BCUT2D eigenvalue weighted by Crippen LogP contribution is -2.47. The fourth-order valence-corrected chi connectivity index (χ4v) is 10.4. The van der Waals surface area contributed by atoms with E-state index in [1.54, 1.807) is 24.4 Å². The fraction of sp³-hybridized carbons (Fsp3) is 0.378. The minimum atomic E-state index is -4.70. The zero-order valence-corrected chi connectivity index (χ0v) is 35.6. The number of sulfonamides is 1. The van der Waals surface area contributed by atoms with Crippen molar-refractivity contribution < 1.29 is 27.6 Å². The summed E-state index contributed by atoms with van der Waals surface area (Å²) in [6.07, 6.45) is 6.46. The second kappa shape index (κ2) is 16.4. The Morgan fingerprint density at radius 3 is 2.56 bits per heavy atom. The van der Waals surface area contributed by atoms with Crippen LogP contribution < -0.4 is 19.7 Å². The van der Waals surface area contributed by atoms with Crippen LogP contribution >= 0.6 is 11.6 Å². The quantitative estimate of drug-likeness (QED) is 0.0771. The molecule has 1 amide bonds. The van der Waals surface area contributed by atoms with Gasteiger partial charge in [0.1, 0.15) is 17.1 Å². The predicted molar refractivity (Wildman–Crippen MR) is 235 cm³/mol. The van der Waals surface area contributed by atoms with Gasteiger partial charge in [-0.15, -0.1) is 0 Å². The molecule has 3 fully saturated rings. The number of rotatable bonds is 13. The smallest absolute Gasteiger partial charge is 0.291 e. The third kappa shape index (κ3) is 8.83. The highest BCUT2D eigenvalue weighted by Crippen LogP contribution is 2.50. The predicted octanol–water partition coefficient (Wildman–Crippen LogP) is 8.13. The zero-order chi connectivity index (χ0) is 42.5. The molecular weight excluding hydrogens is 818 g/mol. The molecule has 4 heterocycles. The molecule has 0 unspecified atom stereocenters. The maximum absolute atomic E-state index is 13.9. The molecule has 2 aromatic heterocycles. The normalized spacial score (nSPS) is 21.3. The largest absolute Gasteiger partial charge is 0.455 e. The van der Waals surface area contributed by atoms with Crippen LogP contribution in [-0.4, -0.2) is 86.6 Å². The van der Waals surface area contributed by atoms with Crippen LogP contribution in [0.4, 0.5) is 17.1 Å². The highest BCUT2D eigenvalue weighted by Gasteiger charge is 2.53. The van der Waals surface area contributed by atoms with Crippen LogP contribution in [0.15, 0.2) is 95.7 Å². The number of nitrogens with zero attached hydrogens (tertiary/aromatic N) is 4. The summed E-state index contributed by atoms with van der Waals surface area (Å²) in [6.45, 7) is 10.6. The van der Waals surface area contributed by atoms with Crippen LogP contribution in [0.2, 0.25) is 5.02 Å². The number of pyridine rings is 1. The Labute approximate surface area is 359 Å². The molecule has 61 heavy (non-hydrogen) atoms. The molecule has 14 nitrogen and oxygen atoms in total. The number of H-pyrrole nitrogens is 1. The minimum absolute atomic E-state index is 0.0677. The lowest BCUT2D eigenvalue weighted by atomic mass is 9.72. The molecule has 3 N–H and O–H groups in total. The number of hydrogen-bond donors (Lipinski definition) is 3. The number of ether oxygens (including phenoxy) is 2. The van der Waals surface area contributed by atoms with Crippen LogP contribution in [-0.2, 0) is 14.8 Å². The Hall–Kier alpha value is -5.48. The average molecular weight is 866 g/mol. The van der Waals surface area contributed by atoms with Gasteiger partial charge in [0.25, 0.3) is 21.6 Å². The van der Waals surface area contributed by atoms with Gasteiger partial charge in [-0.3, -0.25) is 19.8 Å². The number of fused-ring (bicyclic) bond motifs is 2. The summed E-state index contributed by atoms with van der Waals surface area (Å²) < 4.78 is 41.3. The van der Waals surface area contributed by atoms with Gasteiger partial charge in [0, 0.05) is 79.4 Å². The number of carbonyl (C=O) groups is 1. The van der Waals surface area contributed by atoms with E-state index < -0.39 is 31.4 Å². The Morgan fingerprint density at radius 2 is 1.80 bits per heavy atom. The maximum atomic E-state index is 13.9. The van der Waals surface area contributed by atoms with E-state index in [4.69, 9.17) is 21.1 Å². The summed E-state index contributed by atoms with van der Waals surface area (Å²) in [5.74, 6) is 0.827. The number of nitro groups is 1. The number of aromatic amines is 1. The Balaban J connectivity index is 0.930. The van der Waals surface area contributed by atoms with Gasteiger partial charge in [0.05, 0.1) is 29.9 Å². The van der Waals surface area contributed by atoms with Crippen molar-refractivity contribution >= 4 is 61.2 Å². The molecule has 2 aliphatic carbocycles. The molecule has 3 aromatic carbocycles. The summed E-state index contributed by atoms with van der Waals surface area (Å²) in [5, 5.41) is 16.9. The molecular formula is C45H48ClN7O7S. The molecule has 4 aliphatic rings. The third-order valence-electron chi connectivity index (χ3n) is 12.7. The van der Waals surface area contributed by atoms with Crippen molar-refractivity contribution in [2.45, 2.75) is 38.0 Å². The highest BCUT2D eigenvalue weighted by molar-refractivity contribution is 7.90. The van der Waals surface area contributed by atoms with Crippen molar-refractivity contribution in [2.24, 2.45) is 23.2 Å². The van der Waals surface area contributed by atoms with Crippen molar-refractivity contribution in [1.82, 2.24) is 19.6 Å². The van der Waals surface area contributed by atoms with Crippen molar-refractivity contribution in [3.8, 4) is 11.5 Å². The maximum Gasteiger partial charge on any atom is 0.291 e. The van der Waals surface area contributed by atoms with Crippen molar-refractivity contribution in [1.29, 1.82) is 0 Å². The fourth-order valence-electron chi connectivity index (χ4n) is 9.11. The summed E-state index contributed by atoms with van der Waals surface area (Å²) in [5.41, 5.74) is 5.48. The molecule has 0 bridgehead atoms. The van der Waals surface area contributed by atoms with Crippen LogP contribution in [0.1, 0.15) is 49.0 Å². The number of piperazine rings is 1. The number of nitro benzene ring substituents is 1. The lowest BCUT2D eigenvalue weighted by Gasteiger charge is -2.39. The molecule has 2 saturated heterocycles. The number of anilines is 2. The summed E-state index contributed by atoms with van der Waals surface area (Å²) in [4.78, 5) is 36.9. The van der Waals surface area contributed by atoms with Crippen molar-refractivity contribution in [3.63, 3.8) is 0 Å². The first kappa shape index (κ1) is 40.9. The summed E-state index contributed by atoms with van der Waals surface area (Å²) in [6, 6.07) is 20.6. The van der Waals surface area contributed by atoms with Gasteiger partial charge in [-0.2, -0.15) is 0 Å². The minimum Gasteiger partial charge on any atom is -0.455 e. The molecule has 318 valence electrons. The van der Waals surface area contributed by atoms with E-state index in [1.807, 2.05) is 18.2 Å². The van der Waals surface area contributed by atoms with Gasteiger partial charge in [-0.1, -0.05) is 43.2 Å². The van der Waals surface area contributed by atoms with Gasteiger partial charge in [-0.05, 0) is 102 Å². The SMILES string of the molecule is CC1(C)CCC(CN2CCN(c3ccc(C(=O)NS(=O)(=O)c4ccc(NC[C@H]5[C@H]6COC[C@@H]56)cc4[N+](=O)[O-])c(Oc4cnc5[nH]ccc5c4)c3)CC2)=C(c2ccc(Cl)cc2)C1. The first-order valence-electron chi connectivity index (χ1n) is 20.7. The van der Waals surface area contributed by atoms with Gasteiger partial charge in [0.15, 0.2) is 4.90 Å². The summed E-state index contributed by atoms with van der Waals surface area (Å²) >= 11 is 6.24. The number of nitrogens with one attached hydrogen (secondary N) is 3.